The fourth-order valence-electron chi connectivity index (χ4n) is 2.53. The van der Waals surface area contributed by atoms with Crippen molar-refractivity contribution in [3.05, 3.63) is 0 Å². The molecule has 1 rings (SSSR count). The summed E-state index contributed by atoms with van der Waals surface area (Å²) in [7, 11) is 2.04. The van der Waals surface area contributed by atoms with Gasteiger partial charge in [0.25, 0.3) is 0 Å². The Kier molecular flexibility index (Phi) is 7.22. The molecule has 1 saturated carbocycles. The summed E-state index contributed by atoms with van der Waals surface area (Å²) in [5.74, 6) is 0.384. The molecule has 0 aliphatic heterocycles. The fraction of sp³-hybridized carbons (Fsp3) is 0.933. The fourth-order valence-corrected chi connectivity index (χ4v) is 3.77. The molecule has 0 bridgehead atoms. The van der Waals surface area contributed by atoms with Crippen molar-refractivity contribution in [3.8, 4) is 0 Å². The second-order valence-corrected chi connectivity index (χ2v) is 7.55. The van der Waals surface area contributed by atoms with Crippen LogP contribution in [0.25, 0.3) is 0 Å². The second kappa shape index (κ2) is 8.15. The smallest absolute Gasteiger partial charge is 0.316 e. The van der Waals surface area contributed by atoms with E-state index < -0.39 is 0 Å². The molecule has 2 unspecified atom stereocenters. The van der Waals surface area contributed by atoms with E-state index in [4.69, 9.17) is 4.74 Å². The third kappa shape index (κ3) is 7.21. The number of thioether (sulfide) groups is 1. The Labute approximate surface area is 122 Å². The van der Waals surface area contributed by atoms with Gasteiger partial charge in [-0.1, -0.05) is 25.7 Å². The number of esters is 1. The van der Waals surface area contributed by atoms with Gasteiger partial charge in [-0.15, -0.1) is 11.8 Å². The number of carbonyl (C=O) groups is 1. The van der Waals surface area contributed by atoms with Gasteiger partial charge < -0.3 is 10.1 Å². The molecular formula is C15H29NO2S. The summed E-state index contributed by atoms with van der Waals surface area (Å²) < 4.78 is 5.37. The van der Waals surface area contributed by atoms with E-state index >= 15 is 0 Å². The maximum atomic E-state index is 11.8. The van der Waals surface area contributed by atoms with Crippen LogP contribution >= 0.6 is 11.8 Å². The van der Waals surface area contributed by atoms with Gasteiger partial charge in [0.15, 0.2) is 0 Å². The number of hydrogen-bond acceptors (Lipinski definition) is 4. The molecule has 0 aromatic heterocycles. The lowest BCUT2D eigenvalue weighted by atomic mass is 9.96. The molecule has 0 heterocycles. The summed E-state index contributed by atoms with van der Waals surface area (Å²) in [5, 5.41) is 3.96. The van der Waals surface area contributed by atoms with E-state index in [0.717, 1.165) is 0 Å². The largest absolute Gasteiger partial charge is 0.459 e. The Morgan fingerprint density at radius 2 is 1.84 bits per heavy atom. The van der Waals surface area contributed by atoms with Gasteiger partial charge in [0, 0.05) is 11.3 Å². The molecule has 0 radical (unpaired) electrons. The van der Waals surface area contributed by atoms with Gasteiger partial charge in [-0.3, -0.25) is 4.79 Å². The minimum atomic E-state index is -0.374. The average Bonchev–Trinajstić information content (AvgIpc) is 2.25. The van der Waals surface area contributed by atoms with Gasteiger partial charge in [0.05, 0.1) is 5.75 Å². The van der Waals surface area contributed by atoms with Gasteiger partial charge in [-0.25, -0.2) is 0 Å². The van der Waals surface area contributed by atoms with Crippen molar-refractivity contribution in [2.24, 2.45) is 0 Å². The average molecular weight is 287 g/mol. The van der Waals surface area contributed by atoms with Gasteiger partial charge in [-0.2, -0.15) is 0 Å². The minimum Gasteiger partial charge on any atom is -0.459 e. The lowest BCUT2D eigenvalue weighted by Gasteiger charge is -2.29. The third-order valence-corrected chi connectivity index (χ3v) is 4.80. The Bertz CT molecular complexity index is 276. The second-order valence-electron chi connectivity index (χ2n) is 6.32. The molecular weight excluding hydrogens is 258 g/mol. The molecule has 19 heavy (non-hydrogen) atoms. The van der Waals surface area contributed by atoms with Crippen molar-refractivity contribution in [3.63, 3.8) is 0 Å². The molecule has 1 N–H and O–H groups in total. The van der Waals surface area contributed by atoms with Gasteiger partial charge in [0.2, 0.25) is 0 Å². The highest BCUT2D eigenvalue weighted by molar-refractivity contribution is 8.00. The molecule has 0 spiro atoms. The number of rotatable bonds is 4. The molecule has 0 saturated heterocycles. The minimum absolute atomic E-state index is 0.0885. The predicted octanol–water partition coefficient (Wildman–Crippen LogP) is 3.37. The Morgan fingerprint density at radius 1 is 1.21 bits per heavy atom. The molecule has 0 amide bonds. The Hall–Kier alpha value is -0.220. The van der Waals surface area contributed by atoms with E-state index in [1.54, 1.807) is 11.8 Å². The predicted molar refractivity (Wildman–Crippen MR) is 82.6 cm³/mol. The maximum Gasteiger partial charge on any atom is 0.316 e. The van der Waals surface area contributed by atoms with Gasteiger partial charge >= 0.3 is 5.97 Å². The van der Waals surface area contributed by atoms with Crippen LogP contribution in [0.15, 0.2) is 0 Å². The summed E-state index contributed by atoms with van der Waals surface area (Å²) in [6.07, 6.45) is 7.70. The van der Waals surface area contributed by atoms with E-state index in [1.165, 1.54) is 38.5 Å². The molecule has 1 fully saturated rings. The van der Waals surface area contributed by atoms with Crippen molar-refractivity contribution in [1.82, 2.24) is 5.32 Å². The van der Waals surface area contributed by atoms with Gasteiger partial charge in [-0.05, 0) is 40.7 Å². The van der Waals surface area contributed by atoms with Crippen LogP contribution in [0.2, 0.25) is 0 Å². The van der Waals surface area contributed by atoms with Crippen LogP contribution < -0.4 is 5.32 Å². The van der Waals surface area contributed by atoms with Crippen LogP contribution in [-0.4, -0.2) is 35.7 Å². The van der Waals surface area contributed by atoms with Crippen LogP contribution in [0.4, 0.5) is 0 Å². The molecule has 2 atom stereocenters. The summed E-state index contributed by atoms with van der Waals surface area (Å²) >= 11 is 1.76. The number of ether oxygens (including phenoxy) is 1. The lowest BCUT2D eigenvalue weighted by molar-refractivity contribution is -0.151. The first-order valence-corrected chi connectivity index (χ1v) is 8.48. The highest BCUT2D eigenvalue weighted by Gasteiger charge is 2.24. The van der Waals surface area contributed by atoms with E-state index in [1.807, 2.05) is 27.8 Å². The van der Waals surface area contributed by atoms with E-state index in [-0.39, 0.29) is 11.6 Å². The summed E-state index contributed by atoms with van der Waals surface area (Å²) in [5.41, 5.74) is -0.374. The lowest BCUT2D eigenvalue weighted by Crippen LogP contribution is -2.37. The standard InChI is InChI=1S/C15H29NO2S/c1-15(2,3)18-14(17)11-19-13-10-8-6-5-7-9-12(13)16-4/h12-13,16H,5-11H2,1-4H3. The third-order valence-electron chi connectivity index (χ3n) is 3.41. The molecule has 0 aromatic carbocycles. The topological polar surface area (TPSA) is 38.3 Å². The highest BCUT2D eigenvalue weighted by atomic mass is 32.2. The van der Waals surface area contributed by atoms with Crippen LogP contribution in [0.1, 0.15) is 59.3 Å². The first-order chi connectivity index (χ1) is 8.92. The molecule has 4 heteroatoms. The Morgan fingerprint density at radius 3 is 2.42 bits per heavy atom. The van der Waals surface area contributed by atoms with Crippen molar-refractivity contribution < 1.29 is 9.53 Å². The first kappa shape index (κ1) is 16.8. The van der Waals surface area contributed by atoms with E-state index in [2.05, 4.69) is 5.32 Å². The summed E-state index contributed by atoms with van der Waals surface area (Å²) in [6, 6.07) is 0.535. The van der Waals surface area contributed by atoms with Gasteiger partial charge in [0.1, 0.15) is 5.60 Å². The normalized spacial score (nSPS) is 25.5. The SMILES string of the molecule is CNC1CCCCCCC1SCC(=O)OC(C)(C)C. The molecule has 1 aliphatic rings. The van der Waals surface area contributed by atoms with Crippen LogP contribution in [0, 0.1) is 0 Å². The molecule has 0 aromatic rings. The highest BCUT2D eigenvalue weighted by Crippen LogP contribution is 2.27. The van der Waals surface area contributed by atoms with Crippen molar-refractivity contribution >= 4 is 17.7 Å². The van der Waals surface area contributed by atoms with Crippen molar-refractivity contribution in [1.29, 1.82) is 0 Å². The molecule has 1 aliphatic carbocycles. The first-order valence-electron chi connectivity index (χ1n) is 7.43. The quantitative estimate of drug-likeness (QED) is 0.805. The molecule has 112 valence electrons. The monoisotopic (exact) mass is 287 g/mol. The number of nitrogens with one attached hydrogen (secondary N) is 1. The summed E-state index contributed by atoms with van der Waals surface area (Å²) in [4.78, 5) is 11.8. The number of carbonyl (C=O) groups excluding carboxylic acids is 1. The Balaban J connectivity index is 2.41. The summed E-state index contributed by atoms with van der Waals surface area (Å²) in [6.45, 7) is 5.76. The zero-order chi connectivity index (χ0) is 14.3. The number of hydrogen-bond donors (Lipinski definition) is 1. The van der Waals surface area contributed by atoms with E-state index in [0.29, 0.717) is 17.0 Å². The maximum absolute atomic E-state index is 11.8. The zero-order valence-electron chi connectivity index (χ0n) is 12.8. The van der Waals surface area contributed by atoms with Crippen LogP contribution in [0.3, 0.4) is 0 Å². The van der Waals surface area contributed by atoms with E-state index in [9.17, 15) is 4.79 Å². The van der Waals surface area contributed by atoms with Crippen LogP contribution in [0.5, 0.6) is 0 Å². The van der Waals surface area contributed by atoms with Crippen molar-refractivity contribution in [2.45, 2.75) is 76.2 Å². The zero-order valence-corrected chi connectivity index (χ0v) is 13.6. The van der Waals surface area contributed by atoms with Crippen molar-refractivity contribution in [2.75, 3.05) is 12.8 Å². The van der Waals surface area contributed by atoms with Crippen LogP contribution in [-0.2, 0) is 9.53 Å². The molecule has 3 nitrogen and oxygen atoms in total.